The molecule has 0 bridgehead atoms. The number of fused-ring (bicyclic) bond motifs is 3. The van der Waals surface area contributed by atoms with Crippen LogP contribution in [0.2, 0.25) is 0 Å². The summed E-state index contributed by atoms with van der Waals surface area (Å²) in [6.07, 6.45) is 15.8. The Morgan fingerprint density at radius 3 is 1.60 bits per heavy atom. The highest BCUT2D eigenvalue weighted by atomic mass is 16.5. The third kappa shape index (κ3) is 6.20. The number of hydrogen-bond donors (Lipinski definition) is 0. The van der Waals surface area contributed by atoms with Gasteiger partial charge in [0.1, 0.15) is 5.92 Å². The first-order valence-electron chi connectivity index (χ1n) is 12.2. The van der Waals surface area contributed by atoms with Crippen molar-refractivity contribution in [3.05, 3.63) is 59.7 Å². The van der Waals surface area contributed by atoms with Crippen molar-refractivity contribution in [3.8, 4) is 11.1 Å². The summed E-state index contributed by atoms with van der Waals surface area (Å²) >= 11 is 0. The SMILES string of the molecule is CCCCCCCCCCCCCCOC(=O)C1c2ccccc2-c2ccccc21. The van der Waals surface area contributed by atoms with Gasteiger partial charge in [0.15, 0.2) is 0 Å². The molecule has 0 heterocycles. The number of rotatable bonds is 14. The molecule has 1 aliphatic carbocycles. The number of ether oxygens (including phenoxy) is 1. The van der Waals surface area contributed by atoms with Gasteiger partial charge in [0.25, 0.3) is 0 Å². The fourth-order valence-electron chi connectivity index (χ4n) is 4.61. The normalized spacial score (nSPS) is 12.6. The van der Waals surface area contributed by atoms with E-state index in [-0.39, 0.29) is 11.9 Å². The molecule has 0 spiro atoms. The molecule has 30 heavy (non-hydrogen) atoms. The van der Waals surface area contributed by atoms with Crippen molar-refractivity contribution in [2.24, 2.45) is 0 Å². The minimum atomic E-state index is -0.269. The molecule has 0 aliphatic heterocycles. The number of benzene rings is 2. The third-order valence-electron chi connectivity index (χ3n) is 6.31. The van der Waals surface area contributed by atoms with Crippen LogP contribution in [-0.4, -0.2) is 12.6 Å². The van der Waals surface area contributed by atoms with E-state index in [1.165, 1.54) is 75.3 Å². The van der Waals surface area contributed by atoms with Gasteiger partial charge in [0.2, 0.25) is 0 Å². The van der Waals surface area contributed by atoms with Crippen LogP contribution >= 0.6 is 0 Å². The highest BCUT2D eigenvalue weighted by Crippen LogP contribution is 2.44. The second-order valence-corrected chi connectivity index (χ2v) is 8.66. The van der Waals surface area contributed by atoms with E-state index >= 15 is 0 Å². The average Bonchev–Trinajstić information content (AvgIpc) is 3.11. The van der Waals surface area contributed by atoms with E-state index in [1.54, 1.807) is 0 Å². The maximum Gasteiger partial charge on any atom is 0.317 e. The summed E-state index contributed by atoms with van der Waals surface area (Å²) in [6.45, 7) is 2.81. The van der Waals surface area contributed by atoms with Crippen LogP contribution in [0.15, 0.2) is 48.5 Å². The Morgan fingerprint density at radius 1 is 0.667 bits per heavy atom. The van der Waals surface area contributed by atoms with Crippen molar-refractivity contribution in [2.75, 3.05) is 6.61 Å². The first-order valence-corrected chi connectivity index (χ1v) is 12.2. The van der Waals surface area contributed by atoms with Crippen LogP contribution in [0.1, 0.15) is 101 Å². The fourth-order valence-corrected chi connectivity index (χ4v) is 4.61. The van der Waals surface area contributed by atoms with E-state index in [2.05, 4.69) is 31.2 Å². The summed E-state index contributed by atoms with van der Waals surface area (Å²) in [5.74, 6) is -0.370. The lowest BCUT2D eigenvalue weighted by Crippen LogP contribution is -2.16. The summed E-state index contributed by atoms with van der Waals surface area (Å²) < 4.78 is 5.69. The minimum Gasteiger partial charge on any atom is -0.465 e. The Bertz CT molecular complexity index is 734. The van der Waals surface area contributed by atoms with Crippen molar-refractivity contribution in [3.63, 3.8) is 0 Å². The zero-order valence-corrected chi connectivity index (χ0v) is 18.7. The highest BCUT2D eigenvalue weighted by molar-refractivity contribution is 5.93. The van der Waals surface area contributed by atoms with Gasteiger partial charge in [-0.25, -0.2) is 0 Å². The van der Waals surface area contributed by atoms with Gasteiger partial charge >= 0.3 is 5.97 Å². The predicted octanol–water partition coefficient (Wildman–Crippen LogP) is 8.04. The Hall–Kier alpha value is -2.09. The molecule has 0 fully saturated rings. The zero-order valence-electron chi connectivity index (χ0n) is 18.7. The highest BCUT2D eigenvalue weighted by Gasteiger charge is 2.34. The Kier molecular flexibility index (Phi) is 9.47. The standard InChI is InChI=1S/C28H38O2/c1-2-3-4-5-6-7-8-9-10-11-12-17-22-30-28(29)27-25-20-15-13-18-23(25)24-19-14-16-21-26(24)27/h13-16,18-21,27H,2-12,17,22H2,1H3. The maximum atomic E-state index is 12.8. The van der Waals surface area contributed by atoms with Crippen molar-refractivity contribution in [1.29, 1.82) is 0 Å². The van der Waals surface area contributed by atoms with E-state index in [0.717, 1.165) is 24.0 Å². The molecule has 0 N–H and O–H groups in total. The summed E-state index contributed by atoms with van der Waals surface area (Å²) in [5.41, 5.74) is 4.50. The van der Waals surface area contributed by atoms with E-state index in [9.17, 15) is 4.79 Å². The average molecular weight is 407 g/mol. The molecule has 2 aromatic rings. The number of hydrogen-bond acceptors (Lipinski definition) is 2. The number of esters is 1. The Morgan fingerprint density at radius 2 is 1.10 bits per heavy atom. The first kappa shape index (κ1) is 22.6. The lowest BCUT2D eigenvalue weighted by atomic mass is 9.97. The van der Waals surface area contributed by atoms with Crippen molar-refractivity contribution in [1.82, 2.24) is 0 Å². The molecular weight excluding hydrogens is 368 g/mol. The second-order valence-electron chi connectivity index (χ2n) is 8.66. The Labute approximate surface area is 183 Å². The van der Waals surface area contributed by atoms with E-state index in [4.69, 9.17) is 4.74 Å². The lowest BCUT2D eigenvalue weighted by molar-refractivity contribution is -0.144. The fraction of sp³-hybridized carbons (Fsp3) is 0.536. The van der Waals surface area contributed by atoms with Gasteiger partial charge in [-0.15, -0.1) is 0 Å². The van der Waals surface area contributed by atoms with E-state index in [1.807, 2.05) is 24.3 Å². The molecule has 0 atom stereocenters. The summed E-state index contributed by atoms with van der Waals surface area (Å²) in [6, 6.07) is 16.4. The molecule has 0 unspecified atom stereocenters. The summed E-state index contributed by atoms with van der Waals surface area (Å²) in [4.78, 5) is 12.8. The molecule has 3 rings (SSSR count). The van der Waals surface area contributed by atoms with Crippen LogP contribution in [-0.2, 0) is 9.53 Å². The zero-order chi connectivity index (χ0) is 21.0. The van der Waals surface area contributed by atoms with E-state index < -0.39 is 0 Å². The van der Waals surface area contributed by atoms with Crippen molar-refractivity contribution in [2.45, 2.75) is 89.9 Å². The van der Waals surface area contributed by atoms with Crippen LogP contribution in [0.5, 0.6) is 0 Å². The van der Waals surface area contributed by atoms with Gasteiger partial charge in [0, 0.05) is 0 Å². The summed E-state index contributed by atoms with van der Waals surface area (Å²) in [7, 11) is 0. The quantitative estimate of drug-likeness (QED) is 0.234. The molecule has 0 saturated carbocycles. The predicted molar refractivity (Wildman–Crippen MR) is 126 cm³/mol. The van der Waals surface area contributed by atoms with Gasteiger partial charge in [-0.1, -0.05) is 126 Å². The monoisotopic (exact) mass is 406 g/mol. The van der Waals surface area contributed by atoms with Gasteiger partial charge in [-0.2, -0.15) is 0 Å². The molecule has 0 aromatic heterocycles. The number of unbranched alkanes of at least 4 members (excludes halogenated alkanes) is 11. The van der Waals surface area contributed by atoms with Crippen LogP contribution in [0.4, 0.5) is 0 Å². The van der Waals surface area contributed by atoms with Crippen molar-refractivity contribution < 1.29 is 9.53 Å². The smallest absolute Gasteiger partial charge is 0.317 e. The molecule has 162 valence electrons. The summed E-state index contributed by atoms with van der Waals surface area (Å²) in [5, 5.41) is 0. The van der Waals surface area contributed by atoms with Crippen LogP contribution < -0.4 is 0 Å². The topological polar surface area (TPSA) is 26.3 Å². The molecule has 0 saturated heterocycles. The Balaban J connectivity index is 1.30. The lowest BCUT2D eigenvalue weighted by Gasteiger charge is -2.13. The second kappa shape index (κ2) is 12.6. The van der Waals surface area contributed by atoms with E-state index in [0.29, 0.717) is 6.61 Å². The number of carbonyl (C=O) groups is 1. The minimum absolute atomic E-state index is 0.101. The molecule has 2 heteroatoms. The molecule has 0 amide bonds. The van der Waals surface area contributed by atoms with Crippen LogP contribution in [0.25, 0.3) is 11.1 Å². The third-order valence-corrected chi connectivity index (χ3v) is 6.31. The molecule has 2 nitrogen and oxygen atoms in total. The van der Waals surface area contributed by atoms with Crippen molar-refractivity contribution >= 4 is 5.97 Å². The molecule has 0 radical (unpaired) electrons. The van der Waals surface area contributed by atoms with Crippen LogP contribution in [0.3, 0.4) is 0 Å². The van der Waals surface area contributed by atoms with Gasteiger partial charge in [-0.05, 0) is 28.7 Å². The number of carbonyl (C=O) groups excluding carboxylic acids is 1. The van der Waals surface area contributed by atoms with Gasteiger partial charge in [-0.3, -0.25) is 4.79 Å². The van der Waals surface area contributed by atoms with Gasteiger partial charge < -0.3 is 4.74 Å². The molecular formula is C28H38O2. The molecule has 2 aromatic carbocycles. The first-order chi connectivity index (χ1) is 14.8. The van der Waals surface area contributed by atoms with Crippen LogP contribution in [0, 0.1) is 0 Å². The maximum absolute atomic E-state index is 12.8. The molecule has 1 aliphatic rings. The largest absolute Gasteiger partial charge is 0.465 e. The van der Waals surface area contributed by atoms with Gasteiger partial charge in [0.05, 0.1) is 6.61 Å².